The molecule has 1 aromatic heterocycles. The smallest absolute Gasteiger partial charge is 0.324 e. The number of hydrogen-bond donors (Lipinski definition) is 1. The Morgan fingerprint density at radius 2 is 1.96 bits per heavy atom. The van der Waals surface area contributed by atoms with E-state index >= 15 is 0 Å². The van der Waals surface area contributed by atoms with Crippen LogP contribution < -0.4 is 5.32 Å². The molecule has 138 valence electrons. The second-order valence-corrected chi connectivity index (χ2v) is 6.43. The number of aryl methyl sites for hydroxylation is 2. The van der Waals surface area contributed by atoms with Gasteiger partial charge in [0.2, 0.25) is 5.95 Å². The van der Waals surface area contributed by atoms with E-state index in [0.717, 1.165) is 31.5 Å². The molecular weight excluding hydrogens is 324 g/mol. The van der Waals surface area contributed by atoms with Gasteiger partial charge in [-0.05, 0) is 19.3 Å². The summed E-state index contributed by atoms with van der Waals surface area (Å²) in [6, 6.07) is -0.223. The number of aromatic nitrogens is 3. The fourth-order valence-corrected chi connectivity index (χ4v) is 3.27. The Balaban J connectivity index is 1.54. The molecule has 1 unspecified atom stereocenters. The Bertz CT molecular complexity index is 625. The van der Waals surface area contributed by atoms with Crippen LogP contribution in [-0.4, -0.2) is 75.4 Å². The van der Waals surface area contributed by atoms with Crippen molar-refractivity contribution in [2.45, 2.75) is 38.7 Å². The minimum Gasteiger partial charge on any atom is -0.368 e. The second-order valence-electron chi connectivity index (χ2n) is 6.43. The molecule has 2 aliphatic heterocycles. The predicted molar refractivity (Wildman–Crippen MR) is 91.1 cm³/mol. The van der Waals surface area contributed by atoms with Gasteiger partial charge in [-0.2, -0.15) is 4.98 Å². The number of urea groups is 1. The van der Waals surface area contributed by atoms with Gasteiger partial charge in [-0.15, -0.1) is 5.10 Å². The summed E-state index contributed by atoms with van der Waals surface area (Å²) in [5.41, 5.74) is 0. The average Bonchev–Trinajstić information content (AvgIpc) is 3.17. The molecule has 25 heavy (non-hydrogen) atoms. The van der Waals surface area contributed by atoms with Crippen LogP contribution in [0.15, 0.2) is 0 Å². The zero-order valence-electron chi connectivity index (χ0n) is 14.9. The van der Waals surface area contributed by atoms with Crippen LogP contribution in [0.1, 0.15) is 32.0 Å². The molecule has 1 aromatic rings. The van der Waals surface area contributed by atoms with Crippen LogP contribution in [0.4, 0.5) is 10.7 Å². The van der Waals surface area contributed by atoms with E-state index in [2.05, 4.69) is 15.4 Å². The van der Waals surface area contributed by atoms with Crippen molar-refractivity contribution in [2.24, 2.45) is 7.05 Å². The molecule has 0 radical (unpaired) electrons. The van der Waals surface area contributed by atoms with E-state index in [9.17, 15) is 9.59 Å². The lowest BCUT2D eigenvalue weighted by atomic mass is 10.2. The normalized spacial score (nSPS) is 21.3. The molecular formula is C16H26N6O3. The number of rotatable bonds is 3. The van der Waals surface area contributed by atoms with Crippen LogP contribution in [0, 0.1) is 0 Å². The van der Waals surface area contributed by atoms with Crippen LogP contribution in [-0.2, 0) is 23.0 Å². The van der Waals surface area contributed by atoms with Gasteiger partial charge in [-0.1, -0.05) is 6.92 Å². The molecule has 0 aromatic carbocycles. The summed E-state index contributed by atoms with van der Waals surface area (Å²) in [4.78, 5) is 32.7. The molecule has 3 amide bonds. The highest BCUT2D eigenvalue weighted by Gasteiger charge is 2.30. The number of nitrogens with one attached hydrogen (secondary N) is 1. The van der Waals surface area contributed by atoms with Crippen molar-refractivity contribution < 1.29 is 14.3 Å². The van der Waals surface area contributed by atoms with Crippen LogP contribution in [0.25, 0.3) is 0 Å². The predicted octanol–water partition coefficient (Wildman–Crippen LogP) is 0.623. The maximum atomic E-state index is 12.5. The third-order valence-electron chi connectivity index (χ3n) is 4.69. The van der Waals surface area contributed by atoms with Crippen LogP contribution >= 0.6 is 0 Å². The fraction of sp³-hybridized carbons (Fsp3) is 0.750. The Morgan fingerprint density at radius 1 is 1.20 bits per heavy atom. The first-order valence-electron chi connectivity index (χ1n) is 8.94. The molecule has 0 saturated carbocycles. The zero-order chi connectivity index (χ0) is 17.8. The summed E-state index contributed by atoms with van der Waals surface area (Å²) >= 11 is 0. The minimum atomic E-state index is -0.300. The van der Waals surface area contributed by atoms with E-state index in [-0.39, 0.29) is 18.0 Å². The van der Waals surface area contributed by atoms with Gasteiger partial charge in [-0.25, -0.2) is 4.79 Å². The number of ether oxygens (including phenoxy) is 1. The van der Waals surface area contributed by atoms with E-state index in [0.29, 0.717) is 38.7 Å². The van der Waals surface area contributed by atoms with Crippen molar-refractivity contribution >= 4 is 17.9 Å². The van der Waals surface area contributed by atoms with Crippen molar-refractivity contribution in [3.63, 3.8) is 0 Å². The van der Waals surface area contributed by atoms with Crippen molar-refractivity contribution in [2.75, 3.05) is 38.1 Å². The highest BCUT2D eigenvalue weighted by Crippen LogP contribution is 2.16. The van der Waals surface area contributed by atoms with Crippen molar-refractivity contribution in [3.8, 4) is 0 Å². The molecule has 0 aliphatic carbocycles. The molecule has 3 heterocycles. The zero-order valence-corrected chi connectivity index (χ0v) is 14.9. The monoisotopic (exact) mass is 350 g/mol. The summed E-state index contributed by atoms with van der Waals surface area (Å²) in [5, 5.41) is 6.95. The van der Waals surface area contributed by atoms with Crippen LogP contribution in [0.2, 0.25) is 0 Å². The third-order valence-corrected chi connectivity index (χ3v) is 4.69. The molecule has 9 heteroatoms. The average molecular weight is 350 g/mol. The van der Waals surface area contributed by atoms with E-state index in [1.165, 1.54) is 0 Å². The Morgan fingerprint density at radius 3 is 2.64 bits per heavy atom. The maximum Gasteiger partial charge on any atom is 0.324 e. The molecule has 9 nitrogen and oxygen atoms in total. The SMILES string of the molecule is CCc1nc(NC(=O)N2CCCN(C(=O)C3CCCO3)CC2)nn1C. The first-order valence-corrected chi connectivity index (χ1v) is 8.94. The Labute approximate surface area is 147 Å². The Hall–Kier alpha value is -2.16. The number of amides is 3. The number of nitrogens with zero attached hydrogens (tertiary/aromatic N) is 5. The largest absolute Gasteiger partial charge is 0.368 e. The molecule has 0 bridgehead atoms. The highest BCUT2D eigenvalue weighted by molar-refractivity contribution is 5.87. The molecule has 1 N–H and O–H groups in total. The third kappa shape index (κ3) is 4.09. The molecule has 3 rings (SSSR count). The maximum absolute atomic E-state index is 12.5. The van der Waals surface area contributed by atoms with Gasteiger partial charge in [0.1, 0.15) is 11.9 Å². The van der Waals surface area contributed by atoms with E-state index < -0.39 is 0 Å². The lowest BCUT2D eigenvalue weighted by molar-refractivity contribution is -0.140. The first-order chi connectivity index (χ1) is 12.1. The lowest BCUT2D eigenvalue weighted by Crippen LogP contribution is -2.42. The standard InChI is InChI=1S/C16H26N6O3/c1-3-13-17-15(19-20(13)2)18-16(24)22-8-5-7-21(9-10-22)14(23)12-6-4-11-25-12/h12H,3-11H2,1-2H3,(H,18,19,24). The number of carbonyl (C=O) groups is 2. The molecule has 2 aliphatic rings. The fourth-order valence-electron chi connectivity index (χ4n) is 3.27. The summed E-state index contributed by atoms with van der Waals surface area (Å²) < 4.78 is 7.15. The van der Waals surface area contributed by atoms with Gasteiger partial charge in [0.15, 0.2) is 0 Å². The van der Waals surface area contributed by atoms with Crippen molar-refractivity contribution in [1.82, 2.24) is 24.6 Å². The first kappa shape index (κ1) is 17.7. The van der Waals surface area contributed by atoms with E-state index in [1.54, 1.807) is 9.58 Å². The minimum absolute atomic E-state index is 0.0544. The van der Waals surface area contributed by atoms with Crippen LogP contribution in [0.3, 0.4) is 0 Å². The summed E-state index contributed by atoms with van der Waals surface area (Å²) in [5.74, 6) is 1.19. The van der Waals surface area contributed by atoms with Gasteiger partial charge in [-0.3, -0.25) is 14.8 Å². The van der Waals surface area contributed by atoms with E-state index in [4.69, 9.17) is 4.74 Å². The van der Waals surface area contributed by atoms with Gasteiger partial charge in [0, 0.05) is 46.3 Å². The quantitative estimate of drug-likeness (QED) is 0.863. The second kappa shape index (κ2) is 7.81. The summed E-state index contributed by atoms with van der Waals surface area (Å²) in [6.45, 7) is 4.94. The summed E-state index contributed by atoms with van der Waals surface area (Å²) in [6.07, 6.45) is 2.94. The van der Waals surface area contributed by atoms with Crippen LogP contribution in [0.5, 0.6) is 0 Å². The van der Waals surface area contributed by atoms with Gasteiger partial charge < -0.3 is 14.5 Å². The molecule has 0 spiro atoms. The Kier molecular flexibility index (Phi) is 5.52. The van der Waals surface area contributed by atoms with Gasteiger partial charge in [0.25, 0.3) is 5.91 Å². The molecule has 2 saturated heterocycles. The number of carbonyl (C=O) groups excluding carboxylic acids is 2. The molecule has 1 atom stereocenters. The van der Waals surface area contributed by atoms with Crippen molar-refractivity contribution in [1.29, 1.82) is 0 Å². The van der Waals surface area contributed by atoms with Gasteiger partial charge >= 0.3 is 6.03 Å². The molecule has 2 fully saturated rings. The lowest BCUT2D eigenvalue weighted by Gasteiger charge is -2.24. The summed E-state index contributed by atoms with van der Waals surface area (Å²) in [7, 11) is 1.81. The van der Waals surface area contributed by atoms with Gasteiger partial charge in [0.05, 0.1) is 0 Å². The highest BCUT2D eigenvalue weighted by atomic mass is 16.5. The number of hydrogen-bond acceptors (Lipinski definition) is 5. The van der Waals surface area contributed by atoms with Crippen molar-refractivity contribution in [3.05, 3.63) is 5.82 Å². The number of anilines is 1. The van der Waals surface area contributed by atoms with E-state index in [1.807, 2.05) is 18.9 Å². The topological polar surface area (TPSA) is 92.6 Å².